The molecule has 2 unspecified atom stereocenters. The molecule has 1 aromatic carbocycles. The Morgan fingerprint density at radius 1 is 1.16 bits per heavy atom. The standard InChI is InChI=1S/C18H12BrN5O/c19-12-3-1-11(2-4-12)16-15-14(10-5-7-22-8-6-10)13(9-20)17(21)25-18(15)24-23-16/h1-8,13-14,21H,(H,23,24). The molecule has 2 aromatic heterocycles. The minimum atomic E-state index is -0.721. The van der Waals surface area contributed by atoms with E-state index < -0.39 is 5.92 Å². The van der Waals surface area contributed by atoms with Crippen LogP contribution in [0.25, 0.3) is 11.3 Å². The molecular formula is C18H12BrN5O. The Balaban J connectivity index is 1.93. The van der Waals surface area contributed by atoms with Crippen LogP contribution in [0.2, 0.25) is 0 Å². The number of aromatic amines is 1. The Hall–Kier alpha value is -2.98. The maximum absolute atomic E-state index is 9.63. The fourth-order valence-electron chi connectivity index (χ4n) is 3.09. The Kier molecular flexibility index (Phi) is 3.82. The first-order valence-corrected chi connectivity index (χ1v) is 8.38. The third-order valence-corrected chi connectivity index (χ3v) is 4.77. The molecule has 0 aliphatic carbocycles. The van der Waals surface area contributed by atoms with Crippen molar-refractivity contribution in [3.05, 3.63) is 64.4 Å². The topological polar surface area (TPSA) is 98.4 Å². The second kappa shape index (κ2) is 6.15. The molecule has 0 fully saturated rings. The minimum Gasteiger partial charge on any atom is -0.422 e. The maximum Gasteiger partial charge on any atom is 0.244 e. The van der Waals surface area contributed by atoms with E-state index in [0.29, 0.717) is 5.88 Å². The van der Waals surface area contributed by atoms with Crippen molar-refractivity contribution in [3.63, 3.8) is 0 Å². The molecule has 2 atom stereocenters. The fourth-order valence-corrected chi connectivity index (χ4v) is 3.35. The number of halogens is 1. The van der Waals surface area contributed by atoms with E-state index in [9.17, 15) is 5.26 Å². The summed E-state index contributed by atoms with van der Waals surface area (Å²) < 4.78 is 6.48. The zero-order valence-electron chi connectivity index (χ0n) is 12.9. The molecule has 0 bridgehead atoms. The highest BCUT2D eigenvalue weighted by molar-refractivity contribution is 9.10. The normalized spacial score (nSPS) is 19.0. The molecule has 0 saturated carbocycles. The lowest BCUT2D eigenvalue weighted by molar-refractivity contribution is 0.437. The van der Waals surface area contributed by atoms with Crippen LogP contribution >= 0.6 is 15.9 Å². The molecule has 0 saturated heterocycles. The molecule has 122 valence electrons. The van der Waals surface area contributed by atoms with Gasteiger partial charge < -0.3 is 4.74 Å². The third-order valence-electron chi connectivity index (χ3n) is 4.24. The zero-order chi connectivity index (χ0) is 17.4. The van der Waals surface area contributed by atoms with Crippen LogP contribution in [0.15, 0.2) is 53.3 Å². The van der Waals surface area contributed by atoms with Gasteiger partial charge in [-0.3, -0.25) is 15.5 Å². The van der Waals surface area contributed by atoms with Crippen molar-refractivity contribution in [1.29, 1.82) is 10.7 Å². The van der Waals surface area contributed by atoms with E-state index in [-0.39, 0.29) is 11.8 Å². The predicted molar refractivity (Wildman–Crippen MR) is 95.3 cm³/mol. The lowest BCUT2D eigenvalue weighted by Crippen LogP contribution is -2.30. The molecular weight excluding hydrogens is 382 g/mol. The van der Waals surface area contributed by atoms with Crippen molar-refractivity contribution in [2.75, 3.05) is 0 Å². The van der Waals surface area contributed by atoms with E-state index in [0.717, 1.165) is 26.9 Å². The predicted octanol–water partition coefficient (Wildman–Crippen LogP) is 3.88. The van der Waals surface area contributed by atoms with Crippen LogP contribution in [0.3, 0.4) is 0 Å². The van der Waals surface area contributed by atoms with Crippen LogP contribution in [-0.4, -0.2) is 21.1 Å². The molecule has 3 heterocycles. The molecule has 25 heavy (non-hydrogen) atoms. The van der Waals surface area contributed by atoms with Crippen molar-refractivity contribution in [3.8, 4) is 23.2 Å². The average molecular weight is 394 g/mol. The molecule has 2 N–H and O–H groups in total. The molecule has 1 aliphatic heterocycles. The molecule has 0 radical (unpaired) electrons. The Bertz CT molecular complexity index is 975. The van der Waals surface area contributed by atoms with Crippen LogP contribution in [0.1, 0.15) is 17.0 Å². The summed E-state index contributed by atoms with van der Waals surface area (Å²) in [6.07, 6.45) is 3.36. The van der Waals surface area contributed by atoms with E-state index >= 15 is 0 Å². The summed E-state index contributed by atoms with van der Waals surface area (Å²) in [6.45, 7) is 0. The Morgan fingerprint density at radius 3 is 2.56 bits per heavy atom. The summed E-state index contributed by atoms with van der Waals surface area (Å²) in [4.78, 5) is 4.05. The van der Waals surface area contributed by atoms with E-state index in [4.69, 9.17) is 10.1 Å². The SMILES string of the molecule is N#CC1C(=N)Oc2n[nH]c(-c3ccc(Br)cc3)c2C1c1ccncc1. The second-order valence-electron chi connectivity index (χ2n) is 5.66. The van der Waals surface area contributed by atoms with Gasteiger partial charge in [-0.25, -0.2) is 0 Å². The molecule has 0 amide bonds. The Morgan fingerprint density at radius 2 is 1.88 bits per heavy atom. The van der Waals surface area contributed by atoms with Gasteiger partial charge in [0, 0.05) is 28.3 Å². The molecule has 4 rings (SSSR count). The van der Waals surface area contributed by atoms with Gasteiger partial charge in [-0.15, -0.1) is 5.10 Å². The van der Waals surface area contributed by atoms with E-state index in [2.05, 4.69) is 37.2 Å². The van der Waals surface area contributed by atoms with E-state index in [1.165, 1.54) is 0 Å². The molecule has 1 aliphatic rings. The highest BCUT2D eigenvalue weighted by Gasteiger charge is 2.40. The highest BCUT2D eigenvalue weighted by atomic mass is 79.9. The summed E-state index contributed by atoms with van der Waals surface area (Å²) in [5.41, 5.74) is 3.41. The Labute approximate surface area is 152 Å². The van der Waals surface area contributed by atoms with E-state index in [1.54, 1.807) is 12.4 Å². The van der Waals surface area contributed by atoms with Crippen LogP contribution in [0.4, 0.5) is 0 Å². The lowest BCUT2D eigenvalue weighted by atomic mass is 9.79. The van der Waals surface area contributed by atoms with Gasteiger partial charge in [-0.2, -0.15) is 5.26 Å². The van der Waals surface area contributed by atoms with Crippen LogP contribution in [0.5, 0.6) is 5.88 Å². The van der Waals surface area contributed by atoms with Gasteiger partial charge >= 0.3 is 0 Å². The fraction of sp³-hybridized carbons (Fsp3) is 0.111. The van der Waals surface area contributed by atoms with Crippen LogP contribution < -0.4 is 4.74 Å². The van der Waals surface area contributed by atoms with Gasteiger partial charge in [0.1, 0.15) is 5.92 Å². The van der Waals surface area contributed by atoms with Crippen molar-refractivity contribution in [2.24, 2.45) is 5.92 Å². The number of hydrogen-bond acceptors (Lipinski definition) is 5. The molecule has 3 aromatic rings. The van der Waals surface area contributed by atoms with Crippen molar-refractivity contribution < 1.29 is 4.74 Å². The number of aromatic nitrogens is 3. The summed E-state index contributed by atoms with van der Waals surface area (Å²) >= 11 is 3.43. The van der Waals surface area contributed by atoms with Crippen molar-refractivity contribution in [2.45, 2.75) is 5.92 Å². The highest BCUT2D eigenvalue weighted by Crippen LogP contribution is 2.45. The summed E-state index contributed by atoms with van der Waals surface area (Å²) in [5, 5.41) is 24.9. The minimum absolute atomic E-state index is 0.0920. The number of benzene rings is 1. The number of rotatable bonds is 2. The van der Waals surface area contributed by atoms with E-state index in [1.807, 2.05) is 36.4 Å². The second-order valence-corrected chi connectivity index (χ2v) is 6.57. The maximum atomic E-state index is 9.63. The summed E-state index contributed by atoms with van der Waals surface area (Å²) in [6, 6.07) is 13.7. The third kappa shape index (κ3) is 2.61. The lowest BCUT2D eigenvalue weighted by Gasteiger charge is -2.28. The van der Waals surface area contributed by atoms with Gasteiger partial charge in [0.15, 0.2) is 0 Å². The molecule has 7 heteroatoms. The van der Waals surface area contributed by atoms with Crippen LogP contribution in [0, 0.1) is 22.7 Å². The number of hydrogen-bond donors (Lipinski definition) is 2. The monoisotopic (exact) mass is 393 g/mol. The van der Waals surface area contributed by atoms with Crippen molar-refractivity contribution >= 4 is 21.8 Å². The quantitative estimate of drug-likeness (QED) is 0.689. The first-order valence-electron chi connectivity index (χ1n) is 7.59. The number of nitriles is 1. The first-order chi connectivity index (χ1) is 12.2. The van der Waals surface area contributed by atoms with Crippen molar-refractivity contribution in [1.82, 2.24) is 15.2 Å². The van der Waals surface area contributed by atoms with Crippen LogP contribution in [-0.2, 0) is 0 Å². The largest absolute Gasteiger partial charge is 0.422 e. The zero-order valence-corrected chi connectivity index (χ0v) is 14.5. The average Bonchev–Trinajstić information content (AvgIpc) is 3.05. The number of pyridine rings is 1. The number of nitrogens with zero attached hydrogens (tertiary/aromatic N) is 3. The van der Waals surface area contributed by atoms with Gasteiger partial charge in [-0.1, -0.05) is 28.1 Å². The number of H-pyrrole nitrogens is 1. The molecule has 6 nitrogen and oxygen atoms in total. The van der Waals surface area contributed by atoms with Gasteiger partial charge in [-0.05, 0) is 29.8 Å². The number of nitrogens with one attached hydrogen (secondary N) is 2. The number of fused-ring (bicyclic) bond motifs is 1. The summed E-state index contributed by atoms with van der Waals surface area (Å²) in [7, 11) is 0. The number of ether oxygens (including phenoxy) is 1. The summed E-state index contributed by atoms with van der Waals surface area (Å²) in [5.74, 6) is -0.815. The molecule has 0 spiro atoms. The smallest absolute Gasteiger partial charge is 0.244 e. The van der Waals surface area contributed by atoms with Gasteiger partial charge in [0.05, 0.1) is 17.3 Å². The van der Waals surface area contributed by atoms with Gasteiger partial charge in [0.2, 0.25) is 11.8 Å². The first kappa shape index (κ1) is 15.5. The van der Waals surface area contributed by atoms with Gasteiger partial charge in [0.25, 0.3) is 0 Å².